The minimum absolute atomic E-state index is 0.0527. The maximum absolute atomic E-state index is 12.4. The van der Waals surface area contributed by atoms with Gasteiger partial charge in [-0.3, -0.25) is 0 Å². The van der Waals surface area contributed by atoms with E-state index in [1.165, 1.54) is 0 Å². The molecule has 2 aliphatic rings. The van der Waals surface area contributed by atoms with Crippen molar-refractivity contribution in [3.8, 4) is 0 Å². The molecule has 0 bridgehead atoms. The number of carbonyl (C=O) groups excluding carboxylic acids is 1. The van der Waals surface area contributed by atoms with Crippen molar-refractivity contribution in [1.29, 1.82) is 0 Å². The number of nitrogens with zero attached hydrogens (tertiary/aromatic N) is 1. The Bertz CT molecular complexity index is 633. The topological polar surface area (TPSA) is 79.6 Å². The first-order valence-corrected chi connectivity index (χ1v) is 9.08. The molecule has 0 spiro atoms. The van der Waals surface area contributed by atoms with Crippen molar-refractivity contribution in [3.63, 3.8) is 0 Å². The summed E-state index contributed by atoms with van der Waals surface area (Å²) in [6, 6.07) is 3.55. The normalized spacial score (nSPS) is 24.0. The SMILES string of the molecule is Cc1ccc(CN(C(=O)N[C@H]2CCS(=O)(=O)C2)C2CC2)o1. The van der Waals surface area contributed by atoms with E-state index >= 15 is 0 Å². The number of hydrogen-bond donors (Lipinski definition) is 1. The third-order valence-electron chi connectivity index (χ3n) is 3.93. The summed E-state index contributed by atoms with van der Waals surface area (Å²) in [7, 11) is -2.98. The quantitative estimate of drug-likeness (QED) is 0.912. The predicted molar refractivity (Wildman–Crippen MR) is 77.6 cm³/mol. The molecule has 1 aromatic rings. The third-order valence-corrected chi connectivity index (χ3v) is 5.70. The molecule has 1 saturated heterocycles. The molecule has 2 fully saturated rings. The Morgan fingerprint density at radius 3 is 2.67 bits per heavy atom. The van der Waals surface area contributed by atoms with E-state index in [2.05, 4.69) is 5.32 Å². The van der Waals surface area contributed by atoms with Crippen LogP contribution in [0.25, 0.3) is 0 Å². The van der Waals surface area contributed by atoms with Gasteiger partial charge in [0.15, 0.2) is 9.84 Å². The molecule has 21 heavy (non-hydrogen) atoms. The second kappa shape index (κ2) is 5.36. The number of amides is 2. The lowest BCUT2D eigenvalue weighted by molar-refractivity contribution is 0.183. The van der Waals surface area contributed by atoms with Gasteiger partial charge in [-0.05, 0) is 38.3 Å². The Labute approximate surface area is 124 Å². The summed E-state index contributed by atoms with van der Waals surface area (Å²) in [5.74, 6) is 1.80. The molecule has 7 heteroatoms. The summed E-state index contributed by atoms with van der Waals surface area (Å²) in [6.07, 6.45) is 2.50. The number of urea groups is 1. The molecule has 0 aromatic carbocycles. The summed E-state index contributed by atoms with van der Waals surface area (Å²) >= 11 is 0. The summed E-state index contributed by atoms with van der Waals surface area (Å²) in [5.41, 5.74) is 0. The highest BCUT2D eigenvalue weighted by atomic mass is 32.2. The van der Waals surface area contributed by atoms with Gasteiger partial charge in [-0.15, -0.1) is 0 Å². The van der Waals surface area contributed by atoms with E-state index < -0.39 is 9.84 Å². The first kappa shape index (κ1) is 14.4. The summed E-state index contributed by atoms with van der Waals surface area (Å²) < 4.78 is 28.4. The van der Waals surface area contributed by atoms with E-state index in [0.29, 0.717) is 13.0 Å². The summed E-state index contributed by atoms with van der Waals surface area (Å²) in [6.45, 7) is 2.30. The third kappa shape index (κ3) is 3.58. The van der Waals surface area contributed by atoms with Gasteiger partial charge in [0.05, 0.1) is 18.1 Å². The van der Waals surface area contributed by atoms with Crippen molar-refractivity contribution in [2.45, 2.75) is 44.8 Å². The molecule has 0 radical (unpaired) electrons. The lowest BCUT2D eigenvalue weighted by Gasteiger charge is -2.23. The molecule has 1 N–H and O–H groups in total. The standard InChI is InChI=1S/C14H20N2O4S/c1-10-2-5-13(20-10)8-16(12-3-4-12)14(17)15-11-6-7-21(18,19)9-11/h2,5,11-12H,3-4,6-9H2,1H3,(H,15,17)/t11-/m0/s1. The van der Waals surface area contributed by atoms with Gasteiger partial charge in [-0.25, -0.2) is 13.2 Å². The van der Waals surface area contributed by atoms with Gasteiger partial charge in [0.1, 0.15) is 11.5 Å². The molecule has 6 nitrogen and oxygen atoms in total. The van der Waals surface area contributed by atoms with E-state index in [-0.39, 0.29) is 29.6 Å². The van der Waals surface area contributed by atoms with Gasteiger partial charge in [-0.2, -0.15) is 0 Å². The van der Waals surface area contributed by atoms with Crippen LogP contribution in [0.15, 0.2) is 16.5 Å². The van der Waals surface area contributed by atoms with Crippen LogP contribution in [0.3, 0.4) is 0 Å². The first-order chi connectivity index (χ1) is 9.93. The van der Waals surface area contributed by atoms with E-state index in [4.69, 9.17) is 4.42 Å². The smallest absolute Gasteiger partial charge is 0.318 e. The van der Waals surface area contributed by atoms with Gasteiger partial charge in [0.2, 0.25) is 0 Å². The van der Waals surface area contributed by atoms with Crippen molar-refractivity contribution in [1.82, 2.24) is 10.2 Å². The molecular weight excluding hydrogens is 292 g/mol. The molecule has 1 atom stereocenters. The van der Waals surface area contributed by atoms with Crippen molar-refractivity contribution in [2.24, 2.45) is 0 Å². The van der Waals surface area contributed by atoms with Crippen LogP contribution in [0.1, 0.15) is 30.8 Å². The Morgan fingerprint density at radius 2 is 2.14 bits per heavy atom. The number of rotatable bonds is 4. The van der Waals surface area contributed by atoms with Crippen molar-refractivity contribution >= 4 is 15.9 Å². The fourth-order valence-electron chi connectivity index (χ4n) is 2.66. The van der Waals surface area contributed by atoms with E-state index in [0.717, 1.165) is 24.4 Å². The highest BCUT2D eigenvalue weighted by Crippen LogP contribution is 2.29. The zero-order valence-electron chi connectivity index (χ0n) is 12.0. The number of carbonyl (C=O) groups is 1. The molecule has 2 amide bonds. The van der Waals surface area contributed by atoms with Crippen LogP contribution in [0.5, 0.6) is 0 Å². The van der Waals surface area contributed by atoms with Gasteiger partial charge in [0, 0.05) is 12.1 Å². The Morgan fingerprint density at radius 1 is 1.38 bits per heavy atom. The van der Waals surface area contributed by atoms with Gasteiger partial charge in [0.25, 0.3) is 0 Å². The molecule has 1 saturated carbocycles. The molecule has 116 valence electrons. The van der Waals surface area contributed by atoms with Crippen LogP contribution in [-0.4, -0.2) is 42.9 Å². The van der Waals surface area contributed by atoms with Gasteiger partial charge < -0.3 is 14.6 Å². The summed E-state index contributed by atoms with van der Waals surface area (Å²) in [5, 5.41) is 2.85. The highest BCUT2D eigenvalue weighted by molar-refractivity contribution is 7.91. The number of hydrogen-bond acceptors (Lipinski definition) is 4. The van der Waals surface area contributed by atoms with Gasteiger partial charge >= 0.3 is 6.03 Å². The Kier molecular flexibility index (Phi) is 3.69. The van der Waals surface area contributed by atoms with Crippen LogP contribution in [-0.2, 0) is 16.4 Å². The van der Waals surface area contributed by atoms with Crippen molar-refractivity contribution in [2.75, 3.05) is 11.5 Å². The second-order valence-electron chi connectivity index (χ2n) is 5.92. The molecule has 3 rings (SSSR count). The lowest BCUT2D eigenvalue weighted by atomic mass is 10.3. The van der Waals surface area contributed by atoms with Crippen molar-refractivity contribution < 1.29 is 17.6 Å². The number of nitrogens with one attached hydrogen (secondary N) is 1. The molecular formula is C14H20N2O4S. The molecule has 0 unspecified atom stereocenters. The van der Waals surface area contributed by atoms with Crippen molar-refractivity contribution in [3.05, 3.63) is 23.7 Å². The molecule has 1 aliphatic heterocycles. The number of sulfone groups is 1. The minimum Gasteiger partial charge on any atom is -0.464 e. The first-order valence-electron chi connectivity index (χ1n) is 7.26. The van der Waals surface area contributed by atoms with Crippen LogP contribution < -0.4 is 5.32 Å². The van der Waals surface area contributed by atoms with E-state index in [9.17, 15) is 13.2 Å². The number of aryl methyl sites for hydroxylation is 1. The molecule has 1 aromatic heterocycles. The second-order valence-corrected chi connectivity index (χ2v) is 8.15. The zero-order valence-corrected chi connectivity index (χ0v) is 12.9. The highest BCUT2D eigenvalue weighted by Gasteiger charge is 2.36. The summed E-state index contributed by atoms with van der Waals surface area (Å²) in [4.78, 5) is 14.1. The Balaban J connectivity index is 1.62. The maximum atomic E-state index is 12.4. The Hall–Kier alpha value is -1.50. The average molecular weight is 312 g/mol. The average Bonchev–Trinajstić information content (AvgIpc) is 3.07. The largest absolute Gasteiger partial charge is 0.464 e. The monoisotopic (exact) mass is 312 g/mol. The lowest BCUT2D eigenvalue weighted by Crippen LogP contribution is -2.45. The van der Waals surface area contributed by atoms with Crippen LogP contribution >= 0.6 is 0 Å². The fraction of sp³-hybridized carbons (Fsp3) is 0.643. The maximum Gasteiger partial charge on any atom is 0.318 e. The molecule has 1 aliphatic carbocycles. The van der Waals surface area contributed by atoms with Crippen LogP contribution in [0.4, 0.5) is 4.79 Å². The van der Waals surface area contributed by atoms with Crippen LogP contribution in [0, 0.1) is 6.92 Å². The van der Waals surface area contributed by atoms with Crippen LogP contribution in [0.2, 0.25) is 0 Å². The fourth-order valence-corrected chi connectivity index (χ4v) is 4.33. The minimum atomic E-state index is -2.98. The van der Waals surface area contributed by atoms with E-state index in [1.807, 2.05) is 19.1 Å². The zero-order chi connectivity index (χ0) is 15.0. The predicted octanol–water partition coefficient (Wildman–Crippen LogP) is 1.45. The van der Waals surface area contributed by atoms with E-state index in [1.54, 1.807) is 4.90 Å². The number of furan rings is 1. The van der Waals surface area contributed by atoms with Gasteiger partial charge in [-0.1, -0.05) is 0 Å². The molecule has 2 heterocycles.